The van der Waals surface area contributed by atoms with Gasteiger partial charge in [0.2, 0.25) is 5.91 Å². The Morgan fingerprint density at radius 3 is 2.64 bits per heavy atom. The lowest BCUT2D eigenvalue weighted by molar-refractivity contribution is -0.118. The molecule has 0 saturated carbocycles. The number of amides is 1. The molecule has 0 atom stereocenters. The molecule has 1 N–H and O–H groups in total. The van der Waals surface area contributed by atoms with Crippen molar-refractivity contribution in [1.82, 2.24) is 20.1 Å². The Morgan fingerprint density at radius 2 is 1.88 bits per heavy atom. The zero-order valence-electron chi connectivity index (χ0n) is 13.8. The van der Waals surface area contributed by atoms with Gasteiger partial charge in [0, 0.05) is 30.9 Å². The molecule has 0 unspecified atom stereocenters. The second kappa shape index (κ2) is 9.03. The Labute approximate surface area is 151 Å². The first-order chi connectivity index (χ1) is 12.3. The molecule has 3 aromatic rings. The third-order valence-electron chi connectivity index (χ3n) is 3.70. The van der Waals surface area contributed by atoms with Crippen LogP contribution in [0.2, 0.25) is 0 Å². The molecule has 0 radical (unpaired) electrons. The first-order valence-corrected chi connectivity index (χ1v) is 9.25. The number of hydrogen-bond acceptors (Lipinski definition) is 4. The van der Waals surface area contributed by atoms with E-state index in [0.717, 1.165) is 22.6 Å². The molecule has 0 aliphatic rings. The third-order valence-corrected chi connectivity index (χ3v) is 4.66. The van der Waals surface area contributed by atoms with Crippen LogP contribution in [0.25, 0.3) is 0 Å². The van der Waals surface area contributed by atoms with E-state index in [1.165, 1.54) is 0 Å². The third kappa shape index (κ3) is 5.46. The van der Waals surface area contributed by atoms with Crippen molar-refractivity contribution in [3.05, 3.63) is 83.9 Å². The first kappa shape index (κ1) is 17.2. The number of nitrogens with zero attached hydrogens (tertiary/aromatic N) is 3. The maximum atomic E-state index is 12.1. The summed E-state index contributed by atoms with van der Waals surface area (Å²) in [5, 5.41) is 7.23. The van der Waals surface area contributed by atoms with Gasteiger partial charge in [-0.1, -0.05) is 30.3 Å². The number of rotatable bonds is 8. The van der Waals surface area contributed by atoms with Gasteiger partial charge >= 0.3 is 0 Å². The molecule has 0 saturated heterocycles. The minimum absolute atomic E-state index is 0.0369. The highest BCUT2D eigenvalue weighted by atomic mass is 32.2. The number of aromatic nitrogens is 3. The molecule has 2 heterocycles. The summed E-state index contributed by atoms with van der Waals surface area (Å²) in [6.07, 6.45) is 5.47. The zero-order chi connectivity index (χ0) is 17.3. The molecule has 6 heteroatoms. The summed E-state index contributed by atoms with van der Waals surface area (Å²) in [5.41, 5.74) is 3.26. The quantitative estimate of drug-likeness (QED) is 0.677. The molecule has 1 aromatic carbocycles. The summed E-state index contributed by atoms with van der Waals surface area (Å²) in [5.74, 6) is 1.21. The van der Waals surface area contributed by atoms with Crippen molar-refractivity contribution in [3.63, 3.8) is 0 Å². The SMILES string of the molecule is O=C(CSCc1ccccn1)NCc1ccccc1Cn1cccn1. The van der Waals surface area contributed by atoms with Crippen LogP contribution in [0.3, 0.4) is 0 Å². The summed E-state index contributed by atoms with van der Waals surface area (Å²) < 4.78 is 1.88. The predicted octanol–water partition coefficient (Wildman–Crippen LogP) is 2.88. The molecular formula is C19H20N4OS. The molecule has 128 valence electrons. The monoisotopic (exact) mass is 352 g/mol. The zero-order valence-corrected chi connectivity index (χ0v) is 14.7. The van der Waals surface area contributed by atoms with E-state index in [9.17, 15) is 4.79 Å². The number of thioether (sulfide) groups is 1. The normalized spacial score (nSPS) is 10.6. The van der Waals surface area contributed by atoms with Crippen molar-refractivity contribution in [2.24, 2.45) is 0 Å². The van der Waals surface area contributed by atoms with Crippen LogP contribution in [0.5, 0.6) is 0 Å². The van der Waals surface area contributed by atoms with Crippen molar-refractivity contribution >= 4 is 17.7 Å². The molecule has 25 heavy (non-hydrogen) atoms. The van der Waals surface area contributed by atoms with Gasteiger partial charge in [0.15, 0.2) is 0 Å². The van der Waals surface area contributed by atoms with Crippen molar-refractivity contribution in [3.8, 4) is 0 Å². The highest BCUT2D eigenvalue weighted by Crippen LogP contribution is 2.11. The lowest BCUT2D eigenvalue weighted by atomic mass is 10.1. The summed E-state index contributed by atoms with van der Waals surface area (Å²) >= 11 is 1.57. The Hall–Kier alpha value is -2.60. The number of benzene rings is 1. The number of hydrogen-bond donors (Lipinski definition) is 1. The molecule has 0 fully saturated rings. The van der Waals surface area contributed by atoms with Crippen LogP contribution in [0.1, 0.15) is 16.8 Å². The minimum Gasteiger partial charge on any atom is -0.351 e. The maximum Gasteiger partial charge on any atom is 0.230 e. The summed E-state index contributed by atoms with van der Waals surface area (Å²) in [6.45, 7) is 1.23. The van der Waals surface area contributed by atoms with Crippen LogP contribution in [0, 0.1) is 0 Å². The second-order valence-corrected chi connectivity index (χ2v) is 6.55. The Balaban J connectivity index is 1.47. The highest BCUT2D eigenvalue weighted by Gasteiger charge is 2.06. The molecular weight excluding hydrogens is 332 g/mol. The fourth-order valence-electron chi connectivity index (χ4n) is 2.43. The summed E-state index contributed by atoms with van der Waals surface area (Å²) in [7, 11) is 0. The molecule has 3 rings (SSSR count). The van der Waals surface area contributed by atoms with Gasteiger partial charge in [0.25, 0.3) is 0 Å². The smallest absolute Gasteiger partial charge is 0.230 e. The molecule has 5 nitrogen and oxygen atoms in total. The van der Waals surface area contributed by atoms with E-state index in [0.29, 0.717) is 18.8 Å². The summed E-state index contributed by atoms with van der Waals surface area (Å²) in [6, 6.07) is 15.8. The van der Waals surface area contributed by atoms with Crippen molar-refractivity contribution < 1.29 is 4.79 Å². The topological polar surface area (TPSA) is 59.8 Å². The van der Waals surface area contributed by atoms with Crippen LogP contribution >= 0.6 is 11.8 Å². The molecule has 0 spiro atoms. The number of carbonyl (C=O) groups excluding carboxylic acids is 1. The Kier molecular flexibility index (Phi) is 6.23. The average Bonchev–Trinajstić information content (AvgIpc) is 3.15. The van der Waals surface area contributed by atoms with E-state index in [2.05, 4.69) is 21.5 Å². The van der Waals surface area contributed by atoms with Crippen LogP contribution in [-0.4, -0.2) is 26.4 Å². The average molecular weight is 352 g/mol. The molecule has 2 aromatic heterocycles. The fourth-order valence-corrected chi connectivity index (χ4v) is 3.20. The van der Waals surface area contributed by atoms with Crippen LogP contribution in [0.4, 0.5) is 0 Å². The van der Waals surface area contributed by atoms with Gasteiger partial charge < -0.3 is 5.32 Å². The number of nitrogens with one attached hydrogen (secondary N) is 1. The van der Waals surface area contributed by atoms with Crippen molar-refractivity contribution in [2.45, 2.75) is 18.8 Å². The van der Waals surface area contributed by atoms with Gasteiger partial charge in [0.05, 0.1) is 18.0 Å². The Morgan fingerprint density at radius 1 is 1.04 bits per heavy atom. The van der Waals surface area contributed by atoms with Gasteiger partial charge in [0.1, 0.15) is 0 Å². The van der Waals surface area contributed by atoms with Gasteiger partial charge in [-0.15, -0.1) is 11.8 Å². The van der Waals surface area contributed by atoms with E-state index >= 15 is 0 Å². The van der Waals surface area contributed by atoms with Gasteiger partial charge in [-0.25, -0.2) is 0 Å². The number of pyridine rings is 1. The molecule has 0 aliphatic heterocycles. The van der Waals surface area contributed by atoms with E-state index in [1.54, 1.807) is 24.2 Å². The standard InChI is InChI=1S/C19H20N4OS/c24-19(15-25-14-18-8-3-4-9-20-18)21-12-16-6-1-2-7-17(16)13-23-11-5-10-22-23/h1-11H,12-15H2,(H,21,24). The van der Waals surface area contributed by atoms with E-state index in [4.69, 9.17) is 0 Å². The second-order valence-electron chi connectivity index (χ2n) is 5.56. The Bertz CT molecular complexity index is 790. The molecule has 0 bridgehead atoms. The fraction of sp³-hybridized carbons (Fsp3) is 0.211. The van der Waals surface area contributed by atoms with Gasteiger partial charge in [-0.2, -0.15) is 5.10 Å². The first-order valence-electron chi connectivity index (χ1n) is 8.10. The lowest BCUT2D eigenvalue weighted by Crippen LogP contribution is -2.25. The predicted molar refractivity (Wildman–Crippen MR) is 100 cm³/mol. The van der Waals surface area contributed by atoms with E-state index in [-0.39, 0.29) is 5.91 Å². The van der Waals surface area contributed by atoms with Crippen molar-refractivity contribution in [2.75, 3.05) is 5.75 Å². The van der Waals surface area contributed by atoms with Crippen LogP contribution in [-0.2, 0) is 23.6 Å². The van der Waals surface area contributed by atoms with Crippen LogP contribution < -0.4 is 5.32 Å². The lowest BCUT2D eigenvalue weighted by Gasteiger charge is -2.11. The highest BCUT2D eigenvalue weighted by molar-refractivity contribution is 7.99. The largest absolute Gasteiger partial charge is 0.351 e. The maximum absolute atomic E-state index is 12.1. The van der Waals surface area contributed by atoms with Gasteiger partial charge in [-0.3, -0.25) is 14.5 Å². The van der Waals surface area contributed by atoms with E-state index in [1.807, 2.05) is 53.3 Å². The number of carbonyl (C=O) groups is 1. The summed E-state index contributed by atoms with van der Waals surface area (Å²) in [4.78, 5) is 16.3. The molecule has 0 aliphatic carbocycles. The van der Waals surface area contributed by atoms with Crippen molar-refractivity contribution in [1.29, 1.82) is 0 Å². The van der Waals surface area contributed by atoms with Crippen LogP contribution in [0.15, 0.2) is 67.1 Å². The molecule has 1 amide bonds. The minimum atomic E-state index is 0.0369. The van der Waals surface area contributed by atoms with Gasteiger partial charge in [-0.05, 0) is 29.3 Å². The van der Waals surface area contributed by atoms with E-state index < -0.39 is 0 Å².